The van der Waals surface area contributed by atoms with Gasteiger partial charge in [0, 0.05) is 19.7 Å². The molecule has 1 unspecified atom stereocenters. The predicted molar refractivity (Wildman–Crippen MR) is 67.2 cm³/mol. The van der Waals surface area contributed by atoms with Crippen LogP contribution in [0.4, 0.5) is 0 Å². The van der Waals surface area contributed by atoms with E-state index in [2.05, 4.69) is 17.1 Å². The van der Waals surface area contributed by atoms with Crippen molar-refractivity contribution in [3.05, 3.63) is 24.0 Å². The van der Waals surface area contributed by atoms with Crippen molar-refractivity contribution in [2.24, 2.45) is 0 Å². The van der Waals surface area contributed by atoms with Crippen molar-refractivity contribution in [1.82, 2.24) is 15.1 Å². The van der Waals surface area contributed by atoms with Crippen LogP contribution in [0.3, 0.4) is 0 Å². The highest BCUT2D eigenvalue weighted by Crippen LogP contribution is 2.15. The second-order valence-corrected chi connectivity index (χ2v) is 4.52. The number of piperidine rings is 1. The van der Waals surface area contributed by atoms with Gasteiger partial charge in [0.2, 0.25) is 0 Å². The summed E-state index contributed by atoms with van der Waals surface area (Å²) in [6, 6.07) is 1.70. The topological polar surface area (TPSA) is 55.3 Å². The van der Waals surface area contributed by atoms with Gasteiger partial charge >= 0.3 is 0 Å². The van der Waals surface area contributed by atoms with E-state index in [-0.39, 0.29) is 12.0 Å². The summed E-state index contributed by atoms with van der Waals surface area (Å²) in [6.07, 6.45) is 6.29. The zero-order chi connectivity index (χ0) is 12.8. The number of carbonyl (C=O) groups is 1. The second-order valence-electron chi connectivity index (χ2n) is 4.52. The van der Waals surface area contributed by atoms with Crippen molar-refractivity contribution in [2.75, 3.05) is 19.7 Å². The lowest BCUT2D eigenvalue weighted by Gasteiger charge is -2.32. The van der Waals surface area contributed by atoms with Crippen LogP contribution in [0, 0.1) is 0 Å². The Labute approximate surface area is 107 Å². The molecule has 5 nitrogen and oxygen atoms in total. The number of likely N-dealkylation sites (tertiary alicyclic amines) is 1. The lowest BCUT2D eigenvalue weighted by molar-refractivity contribution is 0.00209. The number of hydrogen-bond donors (Lipinski definition) is 0. The van der Waals surface area contributed by atoms with Gasteiger partial charge in [-0.25, -0.2) is 0 Å². The normalized spacial score (nSPS) is 19.8. The van der Waals surface area contributed by atoms with E-state index in [0.29, 0.717) is 12.1 Å². The molecule has 1 aliphatic heterocycles. The summed E-state index contributed by atoms with van der Waals surface area (Å²) >= 11 is 0. The van der Waals surface area contributed by atoms with Crippen LogP contribution in [0.5, 0.6) is 0 Å². The fraction of sp³-hybridized carbons (Fsp3) is 0.615. The SMILES string of the molecule is CCCOC1CCCN(C(=O)c2ccnnc2)C1. The van der Waals surface area contributed by atoms with Crippen LogP contribution in [0.25, 0.3) is 0 Å². The largest absolute Gasteiger partial charge is 0.376 e. The van der Waals surface area contributed by atoms with Gasteiger partial charge in [-0.05, 0) is 25.3 Å². The van der Waals surface area contributed by atoms with Gasteiger partial charge in [0.25, 0.3) is 5.91 Å². The highest BCUT2D eigenvalue weighted by Gasteiger charge is 2.24. The van der Waals surface area contributed by atoms with Gasteiger partial charge in [-0.2, -0.15) is 10.2 Å². The van der Waals surface area contributed by atoms with Gasteiger partial charge in [0.15, 0.2) is 0 Å². The Hall–Kier alpha value is -1.49. The highest BCUT2D eigenvalue weighted by atomic mass is 16.5. The first-order valence-electron chi connectivity index (χ1n) is 6.49. The zero-order valence-electron chi connectivity index (χ0n) is 10.7. The number of rotatable bonds is 4. The van der Waals surface area contributed by atoms with Crippen LogP contribution in [-0.4, -0.2) is 46.8 Å². The van der Waals surface area contributed by atoms with Crippen LogP contribution in [0.2, 0.25) is 0 Å². The number of ether oxygens (including phenoxy) is 1. The Balaban J connectivity index is 1.94. The Morgan fingerprint density at radius 3 is 3.17 bits per heavy atom. The summed E-state index contributed by atoms with van der Waals surface area (Å²) < 4.78 is 5.73. The van der Waals surface area contributed by atoms with Gasteiger partial charge in [0.05, 0.1) is 24.1 Å². The van der Waals surface area contributed by atoms with Gasteiger partial charge in [-0.15, -0.1) is 0 Å². The van der Waals surface area contributed by atoms with E-state index >= 15 is 0 Å². The number of nitrogens with zero attached hydrogens (tertiary/aromatic N) is 3. The number of aromatic nitrogens is 2. The Kier molecular flexibility index (Phi) is 4.64. The third kappa shape index (κ3) is 3.26. The van der Waals surface area contributed by atoms with Gasteiger partial charge < -0.3 is 9.64 Å². The Bertz CT molecular complexity index is 383. The van der Waals surface area contributed by atoms with Gasteiger partial charge in [0.1, 0.15) is 0 Å². The van der Waals surface area contributed by atoms with Gasteiger partial charge in [-0.1, -0.05) is 6.92 Å². The molecule has 1 aromatic heterocycles. The summed E-state index contributed by atoms with van der Waals surface area (Å²) in [4.78, 5) is 14.1. The lowest BCUT2D eigenvalue weighted by atomic mass is 10.1. The third-order valence-corrected chi connectivity index (χ3v) is 3.05. The molecule has 0 aromatic carbocycles. The molecule has 0 saturated carbocycles. The molecule has 1 fully saturated rings. The second kappa shape index (κ2) is 6.44. The van der Waals surface area contributed by atoms with E-state index < -0.39 is 0 Å². The van der Waals surface area contributed by atoms with E-state index in [4.69, 9.17) is 4.74 Å². The smallest absolute Gasteiger partial charge is 0.255 e. The minimum absolute atomic E-state index is 0.0229. The molecule has 2 rings (SSSR count). The maximum Gasteiger partial charge on any atom is 0.255 e. The molecule has 2 heterocycles. The molecule has 0 aliphatic carbocycles. The fourth-order valence-electron chi connectivity index (χ4n) is 2.14. The molecule has 0 radical (unpaired) electrons. The van der Waals surface area contributed by atoms with E-state index in [1.807, 2.05) is 4.90 Å². The Morgan fingerprint density at radius 1 is 1.56 bits per heavy atom. The van der Waals surface area contributed by atoms with E-state index in [1.54, 1.807) is 12.3 Å². The molecule has 5 heteroatoms. The molecule has 1 aromatic rings. The van der Waals surface area contributed by atoms with E-state index in [0.717, 1.165) is 32.4 Å². The first-order chi connectivity index (χ1) is 8.81. The van der Waals surface area contributed by atoms with Crippen LogP contribution in [-0.2, 0) is 4.74 Å². The minimum atomic E-state index is 0.0229. The average molecular weight is 249 g/mol. The van der Waals surface area contributed by atoms with Crippen molar-refractivity contribution in [3.8, 4) is 0 Å². The quantitative estimate of drug-likeness (QED) is 0.811. The summed E-state index contributed by atoms with van der Waals surface area (Å²) in [5.74, 6) is 0.0229. The fourth-order valence-corrected chi connectivity index (χ4v) is 2.14. The molecule has 18 heavy (non-hydrogen) atoms. The predicted octanol–water partition coefficient (Wildman–Crippen LogP) is 1.51. The molecule has 98 valence electrons. The number of amides is 1. The molecular formula is C13H19N3O2. The monoisotopic (exact) mass is 249 g/mol. The molecule has 1 amide bonds. The van der Waals surface area contributed by atoms with Crippen molar-refractivity contribution >= 4 is 5.91 Å². The lowest BCUT2D eigenvalue weighted by Crippen LogP contribution is -2.43. The average Bonchev–Trinajstić information content (AvgIpc) is 2.45. The van der Waals surface area contributed by atoms with Crippen molar-refractivity contribution in [3.63, 3.8) is 0 Å². The molecule has 1 saturated heterocycles. The van der Waals surface area contributed by atoms with Crippen molar-refractivity contribution in [1.29, 1.82) is 0 Å². The maximum absolute atomic E-state index is 12.2. The van der Waals surface area contributed by atoms with Crippen LogP contribution < -0.4 is 0 Å². The molecule has 1 atom stereocenters. The first kappa shape index (κ1) is 13.0. The van der Waals surface area contributed by atoms with Crippen LogP contribution >= 0.6 is 0 Å². The maximum atomic E-state index is 12.2. The first-order valence-corrected chi connectivity index (χ1v) is 6.49. The third-order valence-electron chi connectivity index (χ3n) is 3.05. The number of carbonyl (C=O) groups excluding carboxylic acids is 1. The number of hydrogen-bond acceptors (Lipinski definition) is 4. The highest BCUT2D eigenvalue weighted by molar-refractivity contribution is 5.93. The summed E-state index contributed by atoms with van der Waals surface area (Å²) in [6.45, 7) is 4.34. The summed E-state index contributed by atoms with van der Waals surface area (Å²) in [7, 11) is 0. The Morgan fingerprint density at radius 2 is 2.44 bits per heavy atom. The standard InChI is InChI=1S/C13H19N3O2/c1-2-8-18-12-4-3-7-16(10-12)13(17)11-5-6-14-15-9-11/h5-6,9,12H,2-4,7-8,10H2,1H3. The molecule has 0 bridgehead atoms. The van der Waals surface area contributed by atoms with E-state index in [9.17, 15) is 4.79 Å². The van der Waals surface area contributed by atoms with Gasteiger partial charge in [-0.3, -0.25) is 4.79 Å². The summed E-state index contributed by atoms with van der Waals surface area (Å²) in [5, 5.41) is 7.42. The van der Waals surface area contributed by atoms with Crippen LogP contribution in [0.15, 0.2) is 18.5 Å². The molecule has 0 N–H and O–H groups in total. The zero-order valence-corrected chi connectivity index (χ0v) is 10.7. The molecule has 1 aliphatic rings. The minimum Gasteiger partial charge on any atom is -0.376 e. The van der Waals surface area contributed by atoms with Crippen molar-refractivity contribution < 1.29 is 9.53 Å². The molecule has 0 spiro atoms. The molecular weight excluding hydrogens is 230 g/mol. The van der Waals surface area contributed by atoms with Crippen LogP contribution in [0.1, 0.15) is 36.5 Å². The summed E-state index contributed by atoms with van der Waals surface area (Å²) in [5.41, 5.74) is 0.598. The van der Waals surface area contributed by atoms with Crippen molar-refractivity contribution in [2.45, 2.75) is 32.3 Å². The van der Waals surface area contributed by atoms with E-state index in [1.165, 1.54) is 6.20 Å².